The summed E-state index contributed by atoms with van der Waals surface area (Å²) in [5.74, 6) is 0.0207. The third-order valence-corrected chi connectivity index (χ3v) is 6.70. The number of hydrogen-bond acceptors (Lipinski definition) is 8. The van der Waals surface area contributed by atoms with Crippen LogP contribution in [0.15, 0.2) is 61.1 Å². The predicted octanol–water partition coefficient (Wildman–Crippen LogP) is 2.44. The normalized spacial score (nSPS) is 15.5. The van der Waals surface area contributed by atoms with Crippen LogP contribution < -0.4 is 4.90 Å². The van der Waals surface area contributed by atoms with E-state index < -0.39 is 11.6 Å². The van der Waals surface area contributed by atoms with E-state index in [1.165, 1.54) is 10.9 Å². The molecule has 1 aliphatic heterocycles. The van der Waals surface area contributed by atoms with Crippen molar-refractivity contribution >= 4 is 34.0 Å². The second-order valence-electron chi connectivity index (χ2n) is 8.97. The monoisotopic (exact) mass is 485 g/mol. The molecule has 3 N–H and O–H groups in total. The second-order valence-corrected chi connectivity index (χ2v) is 8.97. The molecule has 0 radical (unpaired) electrons. The average molecular weight is 486 g/mol. The fraction of sp³-hybridized carbons (Fsp3) is 0.240. The van der Waals surface area contributed by atoms with Gasteiger partial charge in [-0.1, -0.05) is 30.3 Å². The Balaban J connectivity index is 1.41. The van der Waals surface area contributed by atoms with Crippen LogP contribution in [-0.2, 0) is 16.9 Å². The van der Waals surface area contributed by atoms with Crippen molar-refractivity contribution < 1.29 is 20.1 Å². The summed E-state index contributed by atoms with van der Waals surface area (Å²) < 4.78 is 3.17. The van der Waals surface area contributed by atoms with Crippen LogP contribution in [0.5, 0.6) is 5.75 Å². The molecule has 0 saturated carbocycles. The number of aliphatic hydroxyl groups is 1. The number of piperidine rings is 1. The number of fused-ring (bicyclic) bond motifs is 2. The zero-order valence-corrected chi connectivity index (χ0v) is 19.2. The van der Waals surface area contributed by atoms with Crippen molar-refractivity contribution in [1.82, 2.24) is 29.3 Å². The molecule has 0 atom stereocenters. The molecule has 3 aromatic heterocycles. The van der Waals surface area contributed by atoms with Gasteiger partial charge in [0.1, 0.15) is 12.3 Å². The van der Waals surface area contributed by atoms with Gasteiger partial charge in [-0.15, -0.1) is 0 Å². The number of phenolic OH excluding ortho intramolecular Hbond substituents is 1. The number of carbonyl (C=O) groups is 1. The van der Waals surface area contributed by atoms with Gasteiger partial charge >= 0.3 is 5.97 Å². The Hall–Kier alpha value is -4.51. The van der Waals surface area contributed by atoms with Crippen LogP contribution >= 0.6 is 0 Å². The maximum absolute atomic E-state index is 11.4. The molecule has 6 rings (SSSR count). The summed E-state index contributed by atoms with van der Waals surface area (Å²) in [5, 5.41) is 35.7. The fourth-order valence-corrected chi connectivity index (χ4v) is 4.75. The van der Waals surface area contributed by atoms with Crippen molar-refractivity contribution in [3.8, 4) is 11.6 Å². The molecule has 1 aliphatic rings. The number of aromatic nitrogens is 6. The van der Waals surface area contributed by atoms with E-state index in [-0.39, 0.29) is 12.3 Å². The number of carboxylic acids is 1. The zero-order chi connectivity index (χ0) is 24.9. The number of imidazole rings is 1. The summed E-state index contributed by atoms with van der Waals surface area (Å²) in [5.41, 5.74) is 1.42. The van der Waals surface area contributed by atoms with E-state index in [0.717, 1.165) is 16.5 Å². The van der Waals surface area contributed by atoms with E-state index in [9.17, 15) is 20.1 Å². The van der Waals surface area contributed by atoms with Gasteiger partial charge in [0.05, 0.1) is 23.6 Å². The van der Waals surface area contributed by atoms with Gasteiger partial charge in [-0.3, -0.25) is 4.79 Å². The van der Waals surface area contributed by atoms with Gasteiger partial charge in [0.15, 0.2) is 17.0 Å². The van der Waals surface area contributed by atoms with Gasteiger partial charge in [0, 0.05) is 18.5 Å². The molecule has 36 heavy (non-hydrogen) atoms. The van der Waals surface area contributed by atoms with Crippen LogP contribution in [0.1, 0.15) is 18.4 Å². The molecule has 0 spiro atoms. The summed E-state index contributed by atoms with van der Waals surface area (Å²) in [6, 6.07) is 14.3. The minimum atomic E-state index is -1.03. The Morgan fingerprint density at radius 1 is 1.03 bits per heavy atom. The first kappa shape index (κ1) is 22.0. The van der Waals surface area contributed by atoms with Gasteiger partial charge < -0.3 is 24.8 Å². The fourth-order valence-electron chi connectivity index (χ4n) is 4.75. The number of nitrogens with zero attached hydrogens (tertiary/aromatic N) is 7. The standard InChI is InChI=1S/C25H23N7O4/c33-18-7-5-17(6-8-18)25(36)9-11-30(12-10-25)24-28-22-21(26-15-31(22)14-20(34)35)23(29-24)32-19-4-2-1-3-16(19)13-27-32/h1-8,13,15,33,36H,9-12,14H2,(H,34,35). The Kier molecular flexibility index (Phi) is 5.07. The molecule has 5 aromatic rings. The molecule has 0 bridgehead atoms. The molecular formula is C25H23N7O4. The summed E-state index contributed by atoms with van der Waals surface area (Å²) in [6.45, 7) is 0.678. The number of anilines is 1. The highest BCUT2D eigenvalue weighted by Crippen LogP contribution is 2.35. The lowest BCUT2D eigenvalue weighted by molar-refractivity contribution is -0.137. The molecule has 182 valence electrons. The Morgan fingerprint density at radius 3 is 2.53 bits per heavy atom. The molecule has 1 fully saturated rings. The molecule has 1 saturated heterocycles. The van der Waals surface area contributed by atoms with Crippen molar-refractivity contribution in [2.24, 2.45) is 0 Å². The number of carboxylic acid groups (broad SMARTS) is 1. The number of rotatable bonds is 5. The molecular weight excluding hydrogens is 462 g/mol. The van der Waals surface area contributed by atoms with Crippen molar-refractivity contribution in [2.75, 3.05) is 18.0 Å². The van der Waals surface area contributed by atoms with Crippen molar-refractivity contribution in [3.05, 3.63) is 66.6 Å². The van der Waals surface area contributed by atoms with E-state index in [2.05, 4.69) is 10.1 Å². The van der Waals surface area contributed by atoms with E-state index >= 15 is 0 Å². The van der Waals surface area contributed by atoms with Crippen LogP contribution in [0.3, 0.4) is 0 Å². The number of aliphatic carboxylic acids is 1. The maximum Gasteiger partial charge on any atom is 0.323 e. The van der Waals surface area contributed by atoms with Gasteiger partial charge in [-0.25, -0.2) is 9.67 Å². The van der Waals surface area contributed by atoms with E-state index in [0.29, 0.717) is 48.9 Å². The molecule has 2 aromatic carbocycles. The largest absolute Gasteiger partial charge is 0.508 e. The number of aromatic hydroxyl groups is 1. The quantitative estimate of drug-likeness (QED) is 0.342. The summed E-state index contributed by atoms with van der Waals surface area (Å²) in [7, 11) is 0. The van der Waals surface area contributed by atoms with Crippen LogP contribution in [0.2, 0.25) is 0 Å². The third-order valence-electron chi connectivity index (χ3n) is 6.70. The van der Waals surface area contributed by atoms with Gasteiger partial charge in [-0.2, -0.15) is 15.1 Å². The Bertz CT molecular complexity index is 1580. The molecule has 0 amide bonds. The second kappa shape index (κ2) is 8.31. The SMILES string of the molecule is O=C(O)Cn1cnc2c(-n3ncc4ccccc43)nc(N3CCC(O)(c4ccc(O)cc4)CC3)nc21. The summed E-state index contributed by atoms with van der Waals surface area (Å²) in [4.78, 5) is 27.4. The van der Waals surface area contributed by atoms with E-state index in [1.54, 1.807) is 35.1 Å². The lowest BCUT2D eigenvalue weighted by Crippen LogP contribution is -2.43. The predicted molar refractivity (Wildman–Crippen MR) is 131 cm³/mol. The van der Waals surface area contributed by atoms with Gasteiger partial charge in [-0.05, 0) is 36.6 Å². The summed E-state index contributed by atoms with van der Waals surface area (Å²) in [6.07, 6.45) is 4.07. The summed E-state index contributed by atoms with van der Waals surface area (Å²) >= 11 is 0. The number of benzene rings is 2. The highest BCUT2D eigenvalue weighted by molar-refractivity contribution is 5.86. The lowest BCUT2D eigenvalue weighted by Gasteiger charge is -2.38. The van der Waals surface area contributed by atoms with E-state index in [4.69, 9.17) is 9.97 Å². The van der Waals surface area contributed by atoms with Crippen LogP contribution in [-0.4, -0.2) is 63.7 Å². The molecule has 0 aliphatic carbocycles. The smallest absolute Gasteiger partial charge is 0.323 e. The first-order valence-electron chi connectivity index (χ1n) is 11.6. The van der Waals surface area contributed by atoms with Gasteiger partial charge in [0.25, 0.3) is 0 Å². The Morgan fingerprint density at radius 2 is 1.78 bits per heavy atom. The number of hydrogen-bond donors (Lipinski definition) is 3. The minimum absolute atomic E-state index is 0.151. The molecule has 0 unspecified atom stereocenters. The van der Waals surface area contributed by atoms with Crippen LogP contribution in [0, 0.1) is 0 Å². The Labute approximate surface area is 204 Å². The van der Waals surface area contributed by atoms with Crippen LogP contribution in [0.4, 0.5) is 5.95 Å². The topological polar surface area (TPSA) is 142 Å². The number of phenols is 1. The minimum Gasteiger partial charge on any atom is -0.508 e. The van der Waals surface area contributed by atoms with Gasteiger partial charge in [0.2, 0.25) is 5.95 Å². The highest BCUT2D eigenvalue weighted by atomic mass is 16.4. The zero-order valence-electron chi connectivity index (χ0n) is 19.2. The average Bonchev–Trinajstić information content (AvgIpc) is 3.48. The van der Waals surface area contributed by atoms with Crippen molar-refractivity contribution in [2.45, 2.75) is 25.0 Å². The maximum atomic E-state index is 11.4. The van der Waals surface area contributed by atoms with Crippen molar-refractivity contribution in [1.29, 1.82) is 0 Å². The highest BCUT2D eigenvalue weighted by Gasteiger charge is 2.35. The number of para-hydroxylation sites is 1. The first-order chi connectivity index (χ1) is 17.4. The van der Waals surface area contributed by atoms with E-state index in [1.807, 2.05) is 29.2 Å². The lowest BCUT2D eigenvalue weighted by atomic mass is 9.84. The molecule has 11 heteroatoms. The first-order valence-corrected chi connectivity index (χ1v) is 11.6. The molecule has 11 nitrogen and oxygen atoms in total. The van der Waals surface area contributed by atoms with Crippen LogP contribution in [0.25, 0.3) is 27.9 Å². The van der Waals surface area contributed by atoms with Crippen molar-refractivity contribution in [3.63, 3.8) is 0 Å². The third kappa shape index (κ3) is 3.69. The molecule has 4 heterocycles.